The van der Waals surface area contributed by atoms with Gasteiger partial charge >= 0.3 is 0 Å². The summed E-state index contributed by atoms with van der Waals surface area (Å²) in [6.45, 7) is 2.46. The molecule has 0 aliphatic heterocycles. The molecular weight excluding hydrogens is 336 g/mol. The molecule has 26 heavy (non-hydrogen) atoms. The van der Waals surface area contributed by atoms with Crippen molar-refractivity contribution in [2.45, 2.75) is 19.8 Å². The number of ether oxygens (including phenoxy) is 1. The van der Waals surface area contributed by atoms with Gasteiger partial charge in [0.25, 0.3) is 5.91 Å². The Balaban J connectivity index is 1.69. The molecule has 1 aromatic carbocycles. The van der Waals surface area contributed by atoms with E-state index in [1.807, 2.05) is 6.92 Å². The van der Waals surface area contributed by atoms with Crippen LogP contribution in [0.4, 0.5) is 5.69 Å². The Morgan fingerprint density at radius 1 is 1.00 bits per heavy atom. The third-order valence-corrected chi connectivity index (χ3v) is 3.27. The molecule has 8 nitrogen and oxygen atoms in total. The van der Waals surface area contributed by atoms with Gasteiger partial charge in [-0.25, -0.2) is 0 Å². The number of nitrogens with one attached hydrogen (secondary N) is 3. The van der Waals surface area contributed by atoms with Gasteiger partial charge < -0.3 is 10.1 Å². The highest BCUT2D eigenvalue weighted by atomic mass is 16.5. The smallest absolute Gasteiger partial charge is 0.271 e. The van der Waals surface area contributed by atoms with E-state index in [2.05, 4.69) is 21.2 Å². The van der Waals surface area contributed by atoms with Crippen LogP contribution >= 0.6 is 0 Å². The van der Waals surface area contributed by atoms with E-state index >= 15 is 0 Å². The van der Waals surface area contributed by atoms with E-state index in [-0.39, 0.29) is 18.7 Å². The summed E-state index contributed by atoms with van der Waals surface area (Å²) < 4.78 is 5.32. The van der Waals surface area contributed by atoms with Crippen molar-refractivity contribution in [3.63, 3.8) is 0 Å². The number of hydrazine groups is 1. The Morgan fingerprint density at radius 3 is 2.38 bits per heavy atom. The third kappa shape index (κ3) is 6.23. The van der Waals surface area contributed by atoms with Crippen molar-refractivity contribution in [3.8, 4) is 5.75 Å². The lowest BCUT2D eigenvalue weighted by molar-refractivity contribution is -0.124. The Kier molecular flexibility index (Phi) is 7.11. The summed E-state index contributed by atoms with van der Waals surface area (Å²) in [5, 5.41) is 2.69. The van der Waals surface area contributed by atoms with Crippen LogP contribution < -0.4 is 20.9 Å². The Morgan fingerprint density at radius 2 is 1.73 bits per heavy atom. The van der Waals surface area contributed by atoms with Gasteiger partial charge in [-0.15, -0.1) is 0 Å². The fourth-order valence-corrected chi connectivity index (χ4v) is 2.01. The van der Waals surface area contributed by atoms with E-state index < -0.39 is 11.8 Å². The molecule has 0 fully saturated rings. The van der Waals surface area contributed by atoms with Gasteiger partial charge in [0.05, 0.1) is 12.2 Å². The maximum Gasteiger partial charge on any atom is 0.271 e. The lowest BCUT2D eigenvalue weighted by Gasteiger charge is -2.08. The lowest BCUT2D eigenvalue weighted by Crippen LogP contribution is -2.41. The van der Waals surface area contributed by atoms with Crippen molar-refractivity contribution in [1.29, 1.82) is 0 Å². The van der Waals surface area contributed by atoms with Gasteiger partial charge in [0.1, 0.15) is 5.75 Å². The summed E-state index contributed by atoms with van der Waals surface area (Å²) in [7, 11) is 0. The summed E-state index contributed by atoms with van der Waals surface area (Å²) in [6.07, 6.45) is 2.85. The van der Waals surface area contributed by atoms with Crippen LogP contribution in [0.2, 0.25) is 0 Å². The van der Waals surface area contributed by atoms with Crippen LogP contribution in [0.15, 0.2) is 48.8 Å². The number of benzene rings is 1. The molecule has 0 bridgehead atoms. The minimum atomic E-state index is -0.481. The Bertz CT molecular complexity index is 748. The fraction of sp³-hybridized carbons (Fsp3) is 0.222. The molecule has 1 aromatic heterocycles. The maximum absolute atomic E-state index is 11.9. The first kappa shape index (κ1) is 18.9. The SMILES string of the molecule is CCOc1ccc(NC(=O)CCC(=O)NNC(=O)c2cccnc2)cc1. The molecule has 2 aromatic rings. The lowest BCUT2D eigenvalue weighted by atomic mass is 10.2. The molecule has 0 spiro atoms. The van der Waals surface area contributed by atoms with Crippen molar-refractivity contribution < 1.29 is 19.1 Å². The normalized spacial score (nSPS) is 9.88. The molecular formula is C18H20N4O4. The molecule has 8 heteroatoms. The highest BCUT2D eigenvalue weighted by Crippen LogP contribution is 2.15. The number of pyridine rings is 1. The molecule has 0 unspecified atom stereocenters. The predicted molar refractivity (Wildman–Crippen MR) is 95.3 cm³/mol. The quantitative estimate of drug-likeness (QED) is 0.654. The standard InChI is InChI=1S/C18H20N4O4/c1-2-26-15-7-5-14(6-8-15)20-16(23)9-10-17(24)21-22-18(25)13-4-3-11-19-12-13/h3-8,11-12H,2,9-10H2,1H3,(H,20,23)(H,21,24)(H,22,25). The zero-order valence-electron chi connectivity index (χ0n) is 14.3. The fourth-order valence-electron chi connectivity index (χ4n) is 2.01. The van der Waals surface area contributed by atoms with Crippen LogP contribution in [-0.2, 0) is 9.59 Å². The Hall–Kier alpha value is -3.42. The van der Waals surface area contributed by atoms with Gasteiger partial charge in [-0.2, -0.15) is 0 Å². The number of amides is 3. The van der Waals surface area contributed by atoms with Gasteiger partial charge in [-0.3, -0.25) is 30.2 Å². The van der Waals surface area contributed by atoms with E-state index in [1.165, 1.54) is 6.20 Å². The van der Waals surface area contributed by atoms with Crippen LogP contribution in [0.3, 0.4) is 0 Å². The molecule has 3 amide bonds. The van der Waals surface area contributed by atoms with Crippen molar-refractivity contribution in [1.82, 2.24) is 15.8 Å². The number of rotatable bonds is 7. The first-order valence-corrected chi connectivity index (χ1v) is 8.10. The largest absolute Gasteiger partial charge is 0.494 e. The molecule has 0 saturated heterocycles. The van der Waals surface area contributed by atoms with Crippen molar-refractivity contribution in [2.24, 2.45) is 0 Å². The monoisotopic (exact) mass is 356 g/mol. The van der Waals surface area contributed by atoms with Crippen molar-refractivity contribution in [3.05, 3.63) is 54.4 Å². The molecule has 3 N–H and O–H groups in total. The molecule has 2 rings (SSSR count). The summed E-state index contributed by atoms with van der Waals surface area (Å²) in [5.41, 5.74) is 5.46. The van der Waals surface area contributed by atoms with Crippen molar-refractivity contribution in [2.75, 3.05) is 11.9 Å². The average Bonchev–Trinajstić information content (AvgIpc) is 2.67. The Labute approximate surface area is 150 Å². The van der Waals surface area contributed by atoms with Crippen molar-refractivity contribution >= 4 is 23.4 Å². The second kappa shape index (κ2) is 9.77. The van der Waals surface area contributed by atoms with Gasteiger partial charge in [0.15, 0.2) is 0 Å². The number of carbonyl (C=O) groups excluding carboxylic acids is 3. The third-order valence-electron chi connectivity index (χ3n) is 3.27. The second-order valence-electron chi connectivity index (χ2n) is 5.25. The van der Waals surface area contributed by atoms with E-state index in [4.69, 9.17) is 4.74 Å². The predicted octanol–water partition coefficient (Wildman–Crippen LogP) is 1.66. The van der Waals surface area contributed by atoms with Crippen LogP contribution in [0.1, 0.15) is 30.1 Å². The molecule has 1 heterocycles. The maximum atomic E-state index is 11.9. The van der Waals surface area contributed by atoms with Crippen LogP contribution in [0.5, 0.6) is 5.75 Å². The first-order valence-electron chi connectivity index (χ1n) is 8.10. The zero-order valence-corrected chi connectivity index (χ0v) is 14.3. The zero-order chi connectivity index (χ0) is 18.8. The van der Waals surface area contributed by atoms with Gasteiger partial charge in [0, 0.05) is 30.9 Å². The highest BCUT2D eigenvalue weighted by molar-refractivity contribution is 5.96. The molecule has 0 atom stereocenters. The van der Waals surface area contributed by atoms with Gasteiger partial charge in [-0.05, 0) is 43.3 Å². The second-order valence-corrected chi connectivity index (χ2v) is 5.25. The molecule has 0 saturated carbocycles. The molecule has 0 aliphatic rings. The topological polar surface area (TPSA) is 109 Å². The van der Waals surface area contributed by atoms with Crippen LogP contribution in [0, 0.1) is 0 Å². The number of hydrogen-bond acceptors (Lipinski definition) is 5. The van der Waals surface area contributed by atoms with Crippen LogP contribution in [-0.4, -0.2) is 29.3 Å². The summed E-state index contributed by atoms with van der Waals surface area (Å²) in [4.78, 5) is 39.1. The molecule has 0 radical (unpaired) electrons. The van der Waals surface area contributed by atoms with Crippen LogP contribution in [0.25, 0.3) is 0 Å². The average molecular weight is 356 g/mol. The van der Waals surface area contributed by atoms with E-state index in [0.717, 1.165) is 0 Å². The molecule has 136 valence electrons. The number of hydrogen-bond donors (Lipinski definition) is 3. The summed E-state index contributed by atoms with van der Waals surface area (Å²) >= 11 is 0. The highest BCUT2D eigenvalue weighted by Gasteiger charge is 2.10. The minimum Gasteiger partial charge on any atom is -0.494 e. The number of carbonyl (C=O) groups is 3. The van der Waals surface area contributed by atoms with Gasteiger partial charge in [0.2, 0.25) is 11.8 Å². The van der Waals surface area contributed by atoms with Gasteiger partial charge in [-0.1, -0.05) is 0 Å². The number of nitrogens with zero attached hydrogens (tertiary/aromatic N) is 1. The molecule has 0 aliphatic carbocycles. The number of anilines is 1. The van der Waals surface area contributed by atoms with E-state index in [9.17, 15) is 14.4 Å². The minimum absolute atomic E-state index is 0.0121. The van der Waals surface area contributed by atoms with E-state index in [1.54, 1.807) is 42.6 Å². The summed E-state index contributed by atoms with van der Waals surface area (Å²) in [5.74, 6) is -0.536. The first-order chi connectivity index (χ1) is 12.6. The summed E-state index contributed by atoms with van der Waals surface area (Å²) in [6, 6.07) is 10.1. The number of aromatic nitrogens is 1. The van der Waals surface area contributed by atoms with E-state index in [0.29, 0.717) is 23.6 Å².